The third-order valence-electron chi connectivity index (χ3n) is 1.86. The summed E-state index contributed by atoms with van der Waals surface area (Å²) in [4.78, 5) is 11.0. The molecule has 1 rings (SSSR count). The number of carbonyl (C=O) groups excluding carboxylic acids is 1. The number of anilines is 2. The summed E-state index contributed by atoms with van der Waals surface area (Å²) in [6, 6.07) is 5.09. The van der Waals surface area contributed by atoms with Gasteiger partial charge in [0.2, 0.25) is 5.91 Å². The first kappa shape index (κ1) is 12.3. The van der Waals surface area contributed by atoms with Gasteiger partial charge in [-0.3, -0.25) is 4.79 Å². The van der Waals surface area contributed by atoms with Crippen molar-refractivity contribution in [3.63, 3.8) is 0 Å². The molecule has 0 aliphatic carbocycles. The topological polar surface area (TPSA) is 73.6 Å². The summed E-state index contributed by atoms with van der Waals surface area (Å²) in [6.07, 6.45) is 0. The molecule has 0 unspecified atom stereocenters. The highest BCUT2D eigenvalue weighted by Crippen LogP contribution is 2.26. The first-order valence-corrected chi connectivity index (χ1v) is 4.92. The Kier molecular flexibility index (Phi) is 4.60. The SMILES string of the molecule is COCCOc1ccc(N)cc1NC(C)=O. The smallest absolute Gasteiger partial charge is 0.221 e. The van der Waals surface area contributed by atoms with Gasteiger partial charge in [-0.15, -0.1) is 0 Å². The van der Waals surface area contributed by atoms with E-state index in [1.54, 1.807) is 25.3 Å². The van der Waals surface area contributed by atoms with Crippen LogP contribution in [0, 0.1) is 0 Å². The van der Waals surface area contributed by atoms with Gasteiger partial charge in [-0.05, 0) is 18.2 Å². The van der Waals surface area contributed by atoms with Crippen LogP contribution in [-0.2, 0) is 9.53 Å². The zero-order chi connectivity index (χ0) is 12.0. The summed E-state index contributed by atoms with van der Waals surface area (Å²) in [7, 11) is 1.60. The van der Waals surface area contributed by atoms with E-state index in [4.69, 9.17) is 15.2 Å². The molecule has 0 radical (unpaired) electrons. The van der Waals surface area contributed by atoms with E-state index in [0.29, 0.717) is 30.3 Å². The summed E-state index contributed by atoms with van der Waals surface area (Å²) in [6.45, 7) is 2.35. The first-order valence-electron chi connectivity index (χ1n) is 4.92. The number of methoxy groups -OCH3 is 1. The van der Waals surface area contributed by atoms with Gasteiger partial charge in [0.25, 0.3) is 0 Å². The van der Waals surface area contributed by atoms with E-state index in [0.717, 1.165) is 0 Å². The Morgan fingerprint density at radius 2 is 2.19 bits per heavy atom. The number of nitrogen functional groups attached to an aromatic ring is 1. The molecule has 1 amide bonds. The molecule has 0 spiro atoms. The Bertz CT molecular complexity index is 366. The highest BCUT2D eigenvalue weighted by molar-refractivity contribution is 5.91. The zero-order valence-electron chi connectivity index (χ0n) is 9.45. The second-order valence-electron chi connectivity index (χ2n) is 3.28. The quantitative estimate of drug-likeness (QED) is 0.583. The molecule has 5 heteroatoms. The van der Waals surface area contributed by atoms with Crippen molar-refractivity contribution in [3.05, 3.63) is 18.2 Å². The summed E-state index contributed by atoms with van der Waals surface area (Å²) in [5, 5.41) is 2.66. The van der Waals surface area contributed by atoms with Gasteiger partial charge in [0.1, 0.15) is 12.4 Å². The van der Waals surface area contributed by atoms with Crippen LogP contribution in [-0.4, -0.2) is 26.2 Å². The summed E-state index contributed by atoms with van der Waals surface area (Å²) >= 11 is 0. The summed E-state index contributed by atoms with van der Waals surface area (Å²) < 4.78 is 10.3. The van der Waals surface area contributed by atoms with Crippen LogP contribution in [0.15, 0.2) is 18.2 Å². The maximum absolute atomic E-state index is 11.0. The first-order chi connectivity index (χ1) is 7.63. The third kappa shape index (κ3) is 3.78. The van der Waals surface area contributed by atoms with Crippen molar-refractivity contribution in [2.24, 2.45) is 0 Å². The standard InChI is InChI=1S/C11H16N2O3/c1-8(14)13-10-7-9(12)3-4-11(10)16-6-5-15-2/h3-4,7H,5-6,12H2,1-2H3,(H,13,14). The van der Waals surface area contributed by atoms with Crippen molar-refractivity contribution < 1.29 is 14.3 Å². The van der Waals surface area contributed by atoms with Gasteiger partial charge in [0.15, 0.2) is 0 Å². The molecular formula is C11H16N2O3. The van der Waals surface area contributed by atoms with E-state index in [1.807, 2.05) is 0 Å². The molecule has 1 aromatic carbocycles. The van der Waals surface area contributed by atoms with E-state index >= 15 is 0 Å². The number of hydrogen-bond acceptors (Lipinski definition) is 4. The van der Waals surface area contributed by atoms with Crippen molar-refractivity contribution in [2.45, 2.75) is 6.92 Å². The fourth-order valence-electron chi connectivity index (χ4n) is 1.20. The molecule has 16 heavy (non-hydrogen) atoms. The molecule has 3 N–H and O–H groups in total. The van der Waals surface area contributed by atoms with Crippen LogP contribution >= 0.6 is 0 Å². The van der Waals surface area contributed by atoms with Crippen LogP contribution in [0.5, 0.6) is 5.75 Å². The second kappa shape index (κ2) is 5.97. The predicted molar refractivity (Wildman–Crippen MR) is 62.5 cm³/mol. The molecule has 0 fully saturated rings. The largest absolute Gasteiger partial charge is 0.489 e. The van der Waals surface area contributed by atoms with E-state index in [9.17, 15) is 4.79 Å². The molecule has 0 aliphatic rings. The van der Waals surface area contributed by atoms with Gasteiger partial charge >= 0.3 is 0 Å². The molecule has 0 bridgehead atoms. The number of hydrogen-bond donors (Lipinski definition) is 2. The van der Waals surface area contributed by atoms with Gasteiger partial charge < -0.3 is 20.5 Å². The van der Waals surface area contributed by atoms with Crippen LogP contribution in [0.2, 0.25) is 0 Å². The number of nitrogens with one attached hydrogen (secondary N) is 1. The zero-order valence-corrected chi connectivity index (χ0v) is 9.45. The fourth-order valence-corrected chi connectivity index (χ4v) is 1.20. The lowest BCUT2D eigenvalue weighted by molar-refractivity contribution is -0.114. The lowest BCUT2D eigenvalue weighted by atomic mass is 10.2. The lowest BCUT2D eigenvalue weighted by Gasteiger charge is -2.12. The van der Waals surface area contributed by atoms with Crippen LogP contribution < -0.4 is 15.8 Å². The summed E-state index contributed by atoms with van der Waals surface area (Å²) in [5.41, 5.74) is 6.77. The molecule has 88 valence electrons. The van der Waals surface area contributed by atoms with Gasteiger partial charge in [0.05, 0.1) is 12.3 Å². The van der Waals surface area contributed by atoms with E-state index in [2.05, 4.69) is 5.32 Å². The minimum atomic E-state index is -0.165. The van der Waals surface area contributed by atoms with Crippen molar-refractivity contribution in [1.29, 1.82) is 0 Å². The molecule has 0 aromatic heterocycles. The van der Waals surface area contributed by atoms with E-state index in [-0.39, 0.29) is 5.91 Å². The number of nitrogens with two attached hydrogens (primary N) is 1. The maximum Gasteiger partial charge on any atom is 0.221 e. The van der Waals surface area contributed by atoms with Crippen molar-refractivity contribution >= 4 is 17.3 Å². The monoisotopic (exact) mass is 224 g/mol. The average molecular weight is 224 g/mol. The molecule has 0 saturated heterocycles. The average Bonchev–Trinajstić information content (AvgIpc) is 2.20. The minimum absolute atomic E-state index is 0.165. The molecule has 5 nitrogen and oxygen atoms in total. The predicted octanol–water partition coefficient (Wildman–Crippen LogP) is 1.25. The molecule has 0 aliphatic heterocycles. The highest BCUT2D eigenvalue weighted by Gasteiger charge is 2.05. The Hall–Kier alpha value is -1.75. The van der Waals surface area contributed by atoms with Gasteiger partial charge in [-0.25, -0.2) is 0 Å². The Labute approximate surface area is 94.5 Å². The molecular weight excluding hydrogens is 208 g/mol. The van der Waals surface area contributed by atoms with Crippen LogP contribution in [0.25, 0.3) is 0 Å². The van der Waals surface area contributed by atoms with E-state index in [1.165, 1.54) is 6.92 Å². The van der Waals surface area contributed by atoms with Crippen LogP contribution in [0.4, 0.5) is 11.4 Å². The third-order valence-corrected chi connectivity index (χ3v) is 1.86. The number of carbonyl (C=O) groups is 1. The van der Waals surface area contributed by atoms with Gasteiger partial charge in [-0.1, -0.05) is 0 Å². The minimum Gasteiger partial charge on any atom is -0.489 e. The van der Waals surface area contributed by atoms with Gasteiger partial charge in [-0.2, -0.15) is 0 Å². The van der Waals surface area contributed by atoms with Gasteiger partial charge in [0, 0.05) is 19.7 Å². The van der Waals surface area contributed by atoms with Crippen molar-refractivity contribution in [2.75, 3.05) is 31.4 Å². The maximum atomic E-state index is 11.0. The number of amides is 1. The Balaban J connectivity index is 2.76. The van der Waals surface area contributed by atoms with Crippen molar-refractivity contribution in [1.82, 2.24) is 0 Å². The molecule has 0 heterocycles. The highest BCUT2D eigenvalue weighted by atomic mass is 16.5. The molecule has 1 aromatic rings. The Morgan fingerprint density at radius 3 is 2.81 bits per heavy atom. The summed E-state index contributed by atoms with van der Waals surface area (Å²) in [5.74, 6) is 0.420. The number of rotatable bonds is 5. The number of benzene rings is 1. The fraction of sp³-hybridized carbons (Fsp3) is 0.364. The molecule has 0 saturated carbocycles. The number of ether oxygens (including phenoxy) is 2. The normalized spacial score (nSPS) is 9.88. The van der Waals surface area contributed by atoms with Crippen molar-refractivity contribution in [3.8, 4) is 5.75 Å². The second-order valence-corrected chi connectivity index (χ2v) is 3.28. The molecule has 0 atom stereocenters. The lowest BCUT2D eigenvalue weighted by Crippen LogP contribution is -2.10. The Morgan fingerprint density at radius 1 is 1.44 bits per heavy atom. The van der Waals surface area contributed by atoms with Crippen LogP contribution in [0.3, 0.4) is 0 Å². The van der Waals surface area contributed by atoms with E-state index < -0.39 is 0 Å². The van der Waals surface area contributed by atoms with Crippen LogP contribution in [0.1, 0.15) is 6.92 Å².